The first-order valence-corrected chi connectivity index (χ1v) is 6.88. The van der Waals surface area contributed by atoms with E-state index >= 15 is 0 Å². The van der Waals surface area contributed by atoms with E-state index in [2.05, 4.69) is 0 Å². The van der Waals surface area contributed by atoms with Gasteiger partial charge < -0.3 is 10.0 Å². The Kier molecular flexibility index (Phi) is 3.36. The molecule has 3 rings (SSSR count). The smallest absolute Gasteiger partial charge is 0.379 e. The van der Waals surface area contributed by atoms with E-state index in [1.54, 1.807) is 24.3 Å². The minimum Gasteiger partial charge on any atom is -0.379 e. The molecule has 1 aliphatic rings. The molecule has 2 aromatic carbocycles. The average molecular weight is 309 g/mol. The van der Waals surface area contributed by atoms with E-state index in [1.807, 2.05) is 18.2 Å². The monoisotopic (exact) mass is 309 g/mol. The van der Waals surface area contributed by atoms with Crippen LogP contribution in [0.5, 0.6) is 0 Å². The number of carbonyl (C=O) groups is 1. The van der Waals surface area contributed by atoms with Crippen LogP contribution in [0.4, 0.5) is 13.2 Å². The Labute approximate surface area is 125 Å². The summed E-state index contributed by atoms with van der Waals surface area (Å²) >= 11 is 0. The maximum absolute atomic E-state index is 12.8. The molecule has 1 N–H and O–H groups in total. The number of halogens is 3. The van der Waals surface area contributed by atoms with E-state index in [9.17, 15) is 23.1 Å². The Morgan fingerprint density at radius 2 is 1.82 bits per heavy atom. The van der Waals surface area contributed by atoms with Gasteiger partial charge in [-0.05, 0) is 16.8 Å². The molecule has 6 heteroatoms. The lowest BCUT2D eigenvalue weighted by atomic mass is 10.0. The summed E-state index contributed by atoms with van der Waals surface area (Å²) in [5.74, 6) is -0.489. The van der Waals surface area contributed by atoms with Crippen LogP contribution in [0.15, 0.2) is 42.5 Å². The number of fused-ring (bicyclic) bond motifs is 1. The topological polar surface area (TPSA) is 40.5 Å². The van der Waals surface area contributed by atoms with Crippen LogP contribution in [0.2, 0.25) is 0 Å². The van der Waals surface area contributed by atoms with Crippen LogP contribution in [0.25, 0.3) is 10.8 Å². The Balaban J connectivity index is 1.92. The number of rotatable bonds is 1. The number of β-amino-alcohol motifs (C(OH)–C–C–N with tert-alkyl or cyclic N) is 1. The summed E-state index contributed by atoms with van der Waals surface area (Å²) in [6.07, 6.45) is -5.23. The van der Waals surface area contributed by atoms with E-state index in [0.717, 1.165) is 10.3 Å². The van der Waals surface area contributed by atoms with Crippen LogP contribution in [0.3, 0.4) is 0 Å². The molecule has 1 aliphatic heterocycles. The molecule has 1 saturated heterocycles. The lowest BCUT2D eigenvalue weighted by Gasteiger charge is -2.26. The van der Waals surface area contributed by atoms with Crippen LogP contribution < -0.4 is 0 Å². The van der Waals surface area contributed by atoms with Gasteiger partial charge in [-0.3, -0.25) is 4.79 Å². The summed E-state index contributed by atoms with van der Waals surface area (Å²) in [5.41, 5.74) is -2.46. The molecular weight excluding hydrogens is 295 g/mol. The average Bonchev–Trinajstić information content (AvgIpc) is 2.89. The van der Waals surface area contributed by atoms with Gasteiger partial charge in [-0.25, -0.2) is 0 Å². The number of nitrogens with zero attached hydrogens (tertiary/aromatic N) is 1. The van der Waals surface area contributed by atoms with Gasteiger partial charge in [0.1, 0.15) is 0 Å². The van der Waals surface area contributed by atoms with Crippen LogP contribution >= 0.6 is 0 Å². The van der Waals surface area contributed by atoms with Crippen molar-refractivity contribution in [2.75, 3.05) is 13.1 Å². The predicted molar refractivity (Wildman–Crippen MR) is 75.5 cm³/mol. The minimum absolute atomic E-state index is 0.113. The maximum Gasteiger partial charge on any atom is 0.419 e. The third-order valence-corrected chi connectivity index (χ3v) is 4.08. The predicted octanol–water partition coefficient (Wildman–Crippen LogP) is 2.98. The van der Waals surface area contributed by atoms with Crippen molar-refractivity contribution >= 4 is 16.7 Å². The molecule has 0 aromatic heterocycles. The molecule has 1 fully saturated rings. The van der Waals surface area contributed by atoms with Crippen molar-refractivity contribution in [2.24, 2.45) is 0 Å². The van der Waals surface area contributed by atoms with Crippen molar-refractivity contribution in [3.05, 3.63) is 48.0 Å². The van der Waals surface area contributed by atoms with E-state index < -0.39 is 30.7 Å². The SMILES string of the molecule is O=C(c1cccc2ccccc12)N1CCC(O)(C(F)(F)F)C1. The summed E-state index contributed by atoms with van der Waals surface area (Å²) in [7, 11) is 0. The van der Waals surface area contributed by atoms with Gasteiger partial charge >= 0.3 is 6.18 Å². The number of alkyl halides is 3. The summed E-state index contributed by atoms with van der Waals surface area (Å²) in [4.78, 5) is 13.6. The van der Waals surface area contributed by atoms with E-state index in [1.165, 1.54) is 0 Å². The first-order valence-electron chi connectivity index (χ1n) is 6.88. The van der Waals surface area contributed by atoms with Crippen molar-refractivity contribution in [2.45, 2.75) is 18.2 Å². The highest BCUT2D eigenvalue weighted by molar-refractivity contribution is 6.07. The molecule has 22 heavy (non-hydrogen) atoms. The molecule has 1 heterocycles. The van der Waals surface area contributed by atoms with Crippen molar-refractivity contribution in [3.63, 3.8) is 0 Å². The largest absolute Gasteiger partial charge is 0.419 e. The second-order valence-electron chi connectivity index (χ2n) is 5.53. The number of hydrogen-bond donors (Lipinski definition) is 1. The van der Waals surface area contributed by atoms with Crippen molar-refractivity contribution < 1.29 is 23.1 Å². The van der Waals surface area contributed by atoms with E-state index in [0.29, 0.717) is 10.9 Å². The van der Waals surface area contributed by atoms with Crippen LogP contribution in [-0.4, -0.2) is 40.8 Å². The van der Waals surface area contributed by atoms with Gasteiger partial charge in [0, 0.05) is 18.5 Å². The second-order valence-corrected chi connectivity index (χ2v) is 5.53. The Hall–Kier alpha value is -2.08. The fourth-order valence-electron chi connectivity index (χ4n) is 2.78. The highest BCUT2D eigenvalue weighted by Gasteiger charge is 2.57. The van der Waals surface area contributed by atoms with Crippen molar-refractivity contribution in [1.82, 2.24) is 4.90 Å². The summed E-state index contributed by atoms with van der Waals surface area (Å²) in [6, 6.07) is 12.3. The second kappa shape index (κ2) is 4.98. The zero-order valence-corrected chi connectivity index (χ0v) is 11.6. The van der Waals surface area contributed by atoms with Gasteiger partial charge in [-0.1, -0.05) is 36.4 Å². The molecule has 0 aliphatic carbocycles. The summed E-state index contributed by atoms with van der Waals surface area (Å²) in [5, 5.41) is 11.2. The number of carbonyl (C=O) groups excluding carboxylic acids is 1. The molecule has 0 spiro atoms. The van der Waals surface area contributed by atoms with E-state index in [4.69, 9.17) is 0 Å². The number of benzene rings is 2. The van der Waals surface area contributed by atoms with Gasteiger partial charge in [-0.15, -0.1) is 0 Å². The number of aliphatic hydroxyl groups is 1. The van der Waals surface area contributed by atoms with Crippen LogP contribution in [0, 0.1) is 0 Å². The highest BCUT2D eigenvalue weighted by atomic mass is 19.4. The fraction of sp³-hybridized carbons (Fsp3) is 0.312. The molecule has 1 amide bonds. The molecular formula is C16H14F3NO2. The third kappa shape index (κ3) is 2.33. The number of amides is 1. The molecule has 1 atom stereocenters. The molecule has 0 radical (unpaired) electrons. The maximum atomic E-state index is 12.8. The van der Waals surface area contributed by atoms with Gasteiger partial charge in [0.05, 0.1) is 6.54 Å². The van der Waals surface area contributed by atoms with Crippen molar-refractivity contribution in [3.8, 4) is 0 Å². The van der Waals surface area contributed by atoms with Gasteiger partial charge in [0.25, 0.3) is 5.91 Å². The van der Waals surface area contributed by atoms with Crippen LogP contribution in [-0.2, 0) is 0 Å². The molecule has 116 valence electrons. The normalized spacial score (nSPS) is 22.3. The van der Waals surface area contributed by atoms with Gasteiger partial charge in [-0.2, -0.15) is 13.2 Å². The minimum atomic E-state index is -4.74. The standard InChI is InChI=1S/C16H14F3NO2/c17-16(18,19)15(22)8-9-20(10-15)14(21)13-7-3-5-11-4-1-2-6-12(11)13/h1-7,22H,8-10H2. The molecule has 0 saturated carbocycles. The van der Waals surface area contributed by atoms with Gasteiger partial charge in [0.15, 0.2) is 5.60 Å². The fourth-order valence-corrected chi connectivity index (χ4v) is 2.78. The zero-order chi connectivity index (χ0) is 16.0. The lowest BCUT2D eigenvalue weighted by molar-refractivity contribution is -0.253. The summed E-state index contributed by atoms with van der Waals surface area (Å²) < 4.78 is 38.5. The quantitative estimate of drug-likeness (QED) is 0.880. The Morgan fingerprint density at radius 3 is 2.50 bits per heavy atom. The molecule has 0 bridgehead atoms. The number of hydrogen-bond acceptors (Lipinski definition) is 2. The first-order chi connectivity index (χ1) is 10.3. The third-order valence-electron chi connectivity index (χ3n) is 4.08. The molecule has 2 aromatic rings. The van der Waals surface area contributed by atoms with Gasteiger partial charge in [0.2, 0.25) is 0 Å². The highest BCUT2D eigenvalue weighted by Crippen LogP contribution is 2.38. The Bertz CT molecular complexity index is 723. The van der Waals surface area contributed by atoms with E-state index in [-0.39, 0.29) is 6.54 Å². The van der Waals surface area contributed by atoms with Crippen molar-refractivity contribution in [1.29, 1.82) is 0 Å². The summed E-state index contributed by atoms with van der Waals surface area (Å²) in [6.45, 7) is -0.837. The molecule has 1 unspecified atom stereocenters. The van der Waals surface area contributed by atoms with Crippen LogP contribution in [0.1, 0.15) is 16.8 Å². The molecule has 3 nitrogen and oxygen atoms in total. The number of likely N-dealkylation sites (tertiary alicyclic amines) is 1. The first kappa shape index (κ1) is 14.8. The Morgan fingerprint density at radius 1 is 1.14 bits per heavy atom. The lowest BCUT2D eigenvalue weighted by Crippen LogP contribution is -2.48. The zero-order valence-electron chi connectivity index (χ0n) is 11.6.